The summed E-state index contributed by atoms with van der Waals surface area (Å²) in [5, 5.41) is 0. The zero-order valence-electron chi connectivity index (χ0n) is 19.8. The molecule has 1 aliphatic heterocycles. The van der Waals surface area contributed by atoms with E-state index in [1.807, 2.05) is 48.3 Å². The third-order valence-electron chi connectivity index (χ3n) is 7.13. The second kappa shape index (κ2) is 10.8. The molecule has 2 aromatic rings. The van der Waals surface area contributed by atoms with Gasteiger partial charge in [-0.2, -0.15) is 0 Å². The van der Waals surface area contributed by atoms with Crippen molar-refractivity contribution in [3.05, 3.63) is 60.4 Å². The first-order valence-corrected chi connectivity index (χ1v) is 12.2. The van der Waals surface area contributed by atoms with Crippen molar-refractivity contribution < 1.29 is 19.1 Å². The summed E-state index contributed by atoms with van der Waals surface area (Å²) >= 11 is 0. The smallest absolute Gasteiger partial charge is 0.240 e. The zero-order valence-corrected chi connectivity index (χ0v) is 19.8. The van der Waals surface area contributed by atoms with Crippen LogP contribution in [0.25, 0.3) is 0 Å². The number of pyridine rings is 1. The Kier molecular flexibility index (Phi) is 7.60. The van der Waals surface area contributed by atoms with E-state index in [0.717, 1.165) is 31.2 Å². The van der Waals surface area contributed by atoms with Gasteiger partial charge in [0.2, 0.25) is 17.7 Å². The lowest BCUT2D eigenvalue weighted by molar-refractivity contribution is -0.143. The van der Waals surface area contributed by atoms with Crippen LogP contribution in [0.15, 0.2) is 54.9 Å². The van der Waals surface area contributed by atoms with Gasteiger partial charge in [-0.3, -0.25) is 24.3 Å². The van der Waals surface area contributed by atoms with Crippen LogP contribution in [0.4, 0.5) is 0 Å². The van der Waals surface area contributed by atoms with Crippen LogP contribution in [0.5, 0.6) is 5.75 Å². The number of amides is 3. The van der Waals surface area contributed by atoms with Crippen LogP contribution >= 0.6 is 0 Å². The molecule has 2 fully saturated rings. The molecule has 4 rings (SSSR count). The highest BCUT2D eigenvalue weighted by Gasteiger charge is 2.53. The number of imide groups is 1. The Bertz CT molecular complexity index is 991. The summed E-state index contributed by atoms with van der Waals surface area (Å²) in [7, 11) is 1.84. The maximum absolute atomic E-state index is 13.7. The molecule has 1 saturated carbocycles. The summed E-state index contributed by atoms with van der Waals surface area (Å²) in [4.78, 5) is 47.2. The van der Waals surface area contributed by atoms with E-state index in [4.69, 9.17) is 4.74 Å². The van der Waals surface area contributed by atoms with Gasteiger partial charge in [-0.15, -0.1) is 0 Å². The number of nitrogens with zero attached hydrogens (tertiary/aromatic N) is 3. The van der Waals surface area contributed by atoms with Gasteiger partial charge in [0.05, 0.1) is 18.2 Å². The number of likely N-dealkylation sites (tertiary alicyclic amines) is 1. The van der Waals surface area contributed by atoms with Gasteiger partial charge in [-0.1, -0.05) is 49.6 Å². The monoisotopic (exact) mass is 463 g/mol. The van der Waals surface area contributed by atoms with Gasteiger partial charge < -0.3 is 9.64 Å². The number of hydrogen-bond donors (Lipinski definition) is 0. The zero-order chi connectivity index (χ0) is 24.0. The van der Waals surface area contributed by atoms with Crippen LogP contribution in [0.1, 0.15) is 56.9 Å². The Labute approximate surface area is 201 Å². The predicted molar refractivity (Wildman–Crippen MR) is 128 cm³/mol. The fraction of sp³-hybridized carbons (Fsp3) is 0.481. The summed E-state index contributed by atoms with van der Waals surface area (Å²) in [5.41, 5.74) is -0.421. The quantitative estimate of drug-likeness (QED) is 0.418. The molecule has 2 aliphatic rings. The molecular formula is C27H33N3O4. The number of benzene rings is 1. The molecule has 180 valence electrons. The molecule has 0 bridgehead atoms. The molecular weight excluding hydrogens is 430 g/mol. The van der Waals surface area contributed by atoms with Crippen LogP contribution in [-0.2, 0) is 19.8 Å². The number of aromatic nitrogens is 1. The van der Waals surface area contributed by atoms with E-state index >= 15 is 0 Å². The molecule has 2 heterocycles. The molecule has 3 amide bonds. The molecule has 0 radical (unpaired) electrons. The standard InChI is InChI=1S/C27H33N3O4/c1-29(22-12-6-3-7-13-22)24(31)18-27(21-10-4-2-5-11-21)19-25(32)30(26(27)33)16-9-17-34-23-14-8-15-28-20-23/h2,4-5,8,10-11,14-15,20,22H,3,6-7,9,12-13,16-19H2,1H3. The van der Waals surface area contributed by atoms with Crippen molar-refractivity contribution >= 4 is 17.7 Å². The van der Waals surface area contributed by atoms with Crippen molar-refractivity contribution in [3.63, 3.8) is 0 Å². The lowest BCUT2D eigenvalue weighted by Crippen LogP contribution is -2.45. The number of hydrogen-bond acceptors (Lipinski definition) is 5. The van der Waals surface area contributed by atoms with Crippen LogP contribution in [0.2, 0.25) is 0 Å². The normalized spacial score (nSPS) is 21.0. The Balaban J connectivity index is 1.47. The minimum atomic E-state index is -1.15. The molecule has 0 N–H and O–H groups in total. The molecule has 1 unspecified atom stereocenters. The summed E-state index contributed by atoms with van der Waals surface area (Å²) in [6.45, 7) is 0.629. The largest absolute Gasteiger partial charge is 0.492 e. The van der Waals surface area contributed by atoms with Crippen LogP contribution in [-0.4, -0.2) is 58.7 Å². The fourth-order valence-corrected chi connectivity index (χ4v) is 5.15. The molecule has 0 spiro atoms. The first kappa shape index (κ1) is 23.9. The van der Waals surface area contributed by atoms with E-state index in [-0.39, 0.29) is 43.1 Å². The number of carbonyl (C=O) groups excluding carboxylic acids is 3. The van der Waals surface area contributed by atoms with Crippen molar-refractivity contribution in [2.75, 3.05) is 20.2 Å². The van der Waals surface area contributed by atoms with Crippen molar-refractivity contribution in [2.24, 2.45) is 0 Å². The molecule has 1 aliphatic carbocycles. The lowest BCUT2D eigenvalue weighted by Gasteiger charge is -2.34. The Morgan fingerprint density at radius 3 is 2.59 bits per heavy atom. The van der Waals surface area contributed by atoms with Crippen LogP contribution in [0, 0.1) is 0 Å². The van der Waals surface area contributed by atoms with Gasteiger partial charge >= 0.3 is 0 Å². The highest BCUT2D eigenvalue weighted by Crippen LogP contribution is 2.40. The van der Waals surface area contributed by atoms with Crippen molar-refractivity contribution in [1.82, 2.24) is 14.8 Å². The van der Waals surface area contributed by atoms with E-state index in [0.29, 0.717) is 18.8 Å². The fourth-order valence-electron chi connectivity index (χ4n) is 5.15. The minimum Gasteiger partial charge on any atom is -0.492 e. The lowest BCUT2D eigenvalue weighted by atomic mass is 9.75. The molecule has 1 aromatic heterocycles. The molecule has 1 atom stereocenters. The molecule has 7 heteroatoms. The Hall–Kier alpha value is -3.22. The maximum Gasteiger partial charge on any atom is 0.240 e. The number of rotatable bonds is 9. The highest BCUT2D eigenvalue weighted by molar-refractivity contribution is 6.10. The van der Waals surface area contributed by atoms with Crippen molar-refractivity contribution in [2.45, 2.75) is 62.8 Å². The van der Waals surface area contributed by atoms with E-state index in [1.54, 1.807) is 18.5 Å². The molecule has 7 nitrogen and oxygen atoms in total. The minimum absolute atomic E-state index is 0.0112. The Morgan fingerprint density at radius 1 is 1.12 bits per heavy atom. The molecule has 1 saturated heterocycles. The first-order valence-electron chi connectivity index (χ1n) is 12.2. The summed E-state index contributed by atoms with van der Waals surface area (Å²) in [6.07, 6.45) is 9.28. The third kappa shape index (κ3) is 5.13. The van der Waals surface area contributed by atoms with E-state index in [9.17, 15) is 14.4 Å². The topological polar surface area (TPSA) is 79.8 Å². The van der Waals surface area contributed by atoms with Crippen LogP contribution < -0.4 is 4.74 Å². The Morgan fingerprint density at radius 2 is 1.88 bits per heavy atom. The summed E-state index contributed by atoms with van der Waals surface area (Å²) < 4.78 is 5.66. The van der Waals surface area contributed by atoms with E-state index in [1.165, 1.54) is 11.3 Å². The number of carbonyl (C=O) groups is 3. The summed E-state index contributed by atoms with van der Waals surface area (Å²) in [6, 6.07) is 13.1. The average Bonchev–Trinajstić information content (AvgIpc) is 3.12. The van der Waals surface area contributed by atoms with Gasteiger partial charge in [0.15, 0.2) is 0 Å². The van der Waals surface area contributed by atoms with Gasteiger partial charge in [-0.05, 0) is 37.0 Å². The van der Waals surface area contributed by atoms with Gasteiger partial charge in [0, 0.05) is 38.7 Å². The van der Waals surface area contributed by atoms with E-state index in [2.05, 4.69) is 4.98 Å². The van der Waals surface area contributed by atoms with Crippen molar-refractivity contribution in [1.29, 1.82) is 0 Å². The van der Waals surface area contributed by atoms with Crippen molar-refractivity contribution in [3.8, 4) is 5.75 Å². The van der Waals surface area contributed by atoms with E-state index < -0.39 is 5.41 Å². The van der Waals surface area contributed by atoms with Gasteiger partial charge in [-0.25, -0.2) is 0 Å². The van der Waals surface area contributed by atoms with Gasteiger partial charge in [0.1, 0.15) is 5.75 Å². The number of ether oxygens (including phenoxy) is 1. The molecule has 1 aromatic carbocycles. The first-order chi connectivity index (χ1) is 16.5. The second-order valence-corrected chi connectivity index (χ2v) is 9.34. The third-order valence-corrected chi connectivity index (χ3v) is 7.13. The molecule has 34 heavy (non-hydrogen) atoms. The van der Waals surface area contributed by atoms with Gasteiger partial charge in [0.25, 0.3) is 0 Å². The average molecular weight is 464 g/mol. The second-order valence-electron chi connectivity index (χ2n) is 9.34. The SMILES string of the molecule is CN(C(=O)CC1(c2ccccc2)CC(=O)N(CCCOc2cccnc2)C1=O)C1CCCCC1. The van der Waals surface area contributed by atoms with Crippen LogP contribution in [0.3, 0.4) is 0 Å². The highest BCUT2D eigenvalue weighted by atomic mass is 16.5. The maximum atomic E-state index is 13.7. The summed E-state index contributed by atoms with van der Waals surface area (Å²) in [5.74, 6) is 0.0639. The predicted octanol–water partition coefficient (Wildman–Crippen LogP) is 3.73.